The van der Waals surface area contributed by atoms with E-state index in [4.69, 9.17) is 32.4 Å². The molecule has 1 saturated heterocycles. The number of fused-ring (bicyclic) bond motifs is 1. The first kappa shape index (κ1) is 23.7. The number of urea groups is 1. The maximum Gasteiger partial charge on any atom is 0.373 e. The number of carbonyl (C=O) groups is 3. The molecule has 3 amide bonds. The topological polar surface area (TPSA) is 93.8 Å². The number of ether oxygens (including phenoxy) is 1. The molecule has 8 nitrogen and oxygen atoms in total. The molecule has 0 unspecified atom stereocenters. The van der Waals surface area contributed by atoms with Gasteiger partial charge in [-0.2, -0.15) is 0 Å². The van der Waals surface area contributed by atoms with Crippen LogP contribution in [-0.2, 0) is 22.6 Å². The normalized spacial score (nSPS) is 14.6. The van der Waals surface area contributed by atoms with Crippen molar-refractivity contribution in [1.82, 2.24) is 14.8 Å². The average molecular weight is 524 g/mol. The molecule has 0 spiro atoms. The number of methoxy groups -OCH3 is 1. The van der Waals surface area contributed by atoms with E-state index in [-0.39, 0.29) is 18.0 Å². The summed E-state index contributed by atoms with van der Waals surface area (Å²) < 4.78 is 12.2. The highest BCUT2D eigenvalue weighted by Crippen LogP contribution is 2.28. The molecule has 0 atom stereocenters. The van der Waals surface area contributed by atoms with Gasteiger partial charge < -0.3 is 19.0 Å². The van der Waals surface area contributed by atoms with E-state index in [0.717, 1.165) is 21.4 Å². The Morgan fingerprint density at radius 1 is 1.08 bits per heavy atom. The van der Waals surface area contributed by atoms with Crippen molar-refractivity contribution in [3.63, 3.8) is 0 Å². The number of amides is 3. The number of halogens is 2. The summed E-state index contributed by atoms with van der Waals surface area (Å²) in [7, 11) is 1.29. The summed E-state index contributed by atoms with van der Waals surface area (Å²) in [5, 5.41) is 4.37. The zero-order valence-electron chi connectivity index (χ0n) is 19.0. The first-order chi connectivity index (χ1) is 17.3. The number of imide groups is 1. The minimum absolute atomic E-state index is 0.0147. The van der Waals surface area contributed by atoms with Crippen molar-refractivity contribution in [3.8, 4) is 0 Å². The van der Waals surface area contributed by atoms with Crippen LogP contribution in [0.5, 0.6) is 0 Å². The first-order valence-electron chi connectivity index (χ1n) is 10.9. The second kappa shape index (κ2) is 9.56. The van der Waals surface area contributed by atoms with Gasteiger partial charge in [-0.1, -0.05) is 47.5 Å². The summed E-state index contributed by atoms with van der Waals surface area (Å²) in [4.78, 5) is 38.5. The van der Waals surface area contributed by atoms with E-state index in [2.05, 4.69) is 5.32 Å². The Balaban J connectivity index is 1.43. The first-order valence-corrected chi connectivity index (χ1v) is 11.6. The van der Waals surface area contributed by atoms with Crippen molar-refractivity contribution in [2.45, 2.75) is 13.1 Å². The summed E-state index contributed by atoms with van der Waals surface area (Å²) in [6, 6.07) is 15.3. The van der Waals surface area contributed by atoms with Crippen molar-refractivity contribution in [3.05, 3.63) is 99.2 Å². The number of benzene rings is 2. The molecule has 10 heteroatoms. The Hall–Kier alpha value is -4.01. The third-order valence-electron chi connectivity index (χ3n) is 5.80. The van der Waals surface area contributed by atoms with Crippen molar-refractivity contribution in [1.29, 1.82) is 0 Å². The van der Waals surface area contributed by atoms with E-state index in [1.807, 2.05) is 35.0 Å². The molecule has 1 N–H and O–H groups in total. The number of furan rings is 1. The van der Waals surface area contributed by atoms with Crippen molar-refractivity contribution >= 4 is 58.1 Å². The van der Waals surface area contributed by atoms with Crippen molar-refractivity contribution in [2.24, 2.45) is 0 Å². The number of nitrogens with one attached hydrogen (secondary N) is 1. The van der Waals surface area contributed by atoms with Gasteiger partial charge in [-0.05, 0) is 42.0 Å². The van der Waals surface area contributed by atoms with E-state index in [0.29, 0.717) is 27.9 Å². The molecular formula is C26H19Cl2N3O5. The Kier molecular flexibility index (Phi) is 6.30. The molecule has 5 rings (SSSR count). The summed E-state index contributed by atoms with van der Waals surface area (Å²) >= 11 is 12.2. The van der Waals surface area contributed by atoms with E-state index in [1.54, 1.807) is 36.4 Å². The van der Waals surface area contributed by atoms with Gasteiger partial charge in [0.05, 0.1) is 20.2 Å². The van der Waals surface area contributed by atoms with Crippen LogP contribution >= 0.6 is 23.2 Å². The number of rotatable bonds is 6. The zero-order valence-corrected chi connectivity index (χ0v) is 20.5. The fraction of sp³-hybridized carbons (Fsp3) is 0.115. The van der Waals surface area contributed by atoms with Crippen LogP contribution in [0.4, 0.5) is 4.79 Å². The van der Waals surface area contributed by atoms with Gasteiger partial charge in [0.1, 0.15) is 11.5 Å². The van der Waals surface area contributed by atoms with E-state index in [1.165, 1.54) is 7.11 Å². The predicted molar refractivity (Wildman–Crippen MR) is 135 cm³/mol. The molecule has 0 radical (unpaired) electrons. The smallest absolute Gasteiger partial charge is 0.373 e. The van der Waals surface area contributed by atoms with Crippen LogP contribution in [0.15, 0.2) is 70.9 Å². The van der Waals surface area contributed by atoms with E-state index in [9.17, 15) is 14.4 Å². The maximum absolute atomic E-state index is 13.1. The third kappa shape index (κ3) is 4.48. The van der Waals surface area contributed by atoms with Crippen LogP contribution in [-0.4, -0.2) is 34.5 Å². The molecule has 1 aliphatic heterocycles. The number of esters is 1. The highest BCUT2D eigenvalue weighted by molar-refractivity contribution is 6.35. The summed E-state index contributed by atoms with van der Waals surface area (Å²) in [5.74, 6) is -0.335. The molecular weight excluding hydrogens is 505 g/mol. The number of hydrogen-bond donors (Lipinski definition) is 1. The molecule has 36 heavy (non-hydrogen) atoms. The molecule has 2 aromatic carbocycles. The van der Waals surface area contributed by atoms with Gasteiger partial charge in [-0.3, -0.25) is 9.69 Å². The lowest BCUT2D eigenvalue weighted by molar-refractivity contribution is -0.123. The quantitative estimate of drug-likeness (QED) is 0.205. The fourth-order valence-corrected chi connectivity index (χ4v) is 4.52. The number of nitrogens with zero attached hydrogens (tertiary/aromatic N) is 2. The lowest BCUT2D eigenvalue weighted by Crippen LogP contribution is -2.30. The Labute approximate surface area is 215 Å². The summed E-state index contributed by atoms with van der Waals surface area (Å²) in [6.45, 7) is 0.364. The number of aromatic nitrogens is 1. The standard InChI is InChI=1S/C26H19Cl2N3O5/c1-35-25(33)23-9-8-18(36-23)14-30-12-16(19-4-2-3-5-22(19)30)10-21-24(32)31(26(34)29-21)13-15-6-7-17(27)11-20(15)28/h2-12H,13-14H2,1H3,(H,29,34)/b21-10-. The highest BCUT2D eigenvalue weighted by Gasteiger charge is 2.34. The van der Waals surface area contributed by atoms with Gasteiger partial charge in [0.2, 0.25) is 5.76 Å². The Morgan fingerprint density at radius 2 is 1.89 bits per heavy atom. The molecule has 182 valence electrons. The average Bonchev–Trinajstić information content (AvgIpc) is 3.54. The lowest BCUT2D eigenvalue weighted by Gasteiger charge is -2.13. The fourth-order valence-electron chi connectivity index (χ4n) is 4.05. The van der Waals surface area contributed by atoms with Crippen molar-refractivity contribution in [2.75, 3.05) is 7.11 Å². The van der Waals surface area contributed by atoms with Crippen LogP contribution in [0.2, 0.25) is 10.0 Å². The number of para-hydroxylation sites is 1. The molecule has 0 bridgehead atoms. The predicted octanol–water partition coefficient (Wildman–Crippen LogP) is 5.47. The Morgan fingerprint density at radius 3 is 2.67 bits per heavy atom. The van der Waals surface area contributed by atoms with E-state index < -0.39 is 17.9 Å². The van der Waals surface area contributed by atoms with Crippen molar-refractivity contribution < 1.29 is 23.5 Å². The minimum Gasteiger partial charge on any atom is -0.463 e. The molecule has 1 aliphatic rings. The Bertz CT molecular complexity index is 1550. The van der Waals surface area contributed by atoms with Crippen LogP contribution < -0.4 is 5.32 Å². The summed E-state index contributed by atoms with van der Waals surface area (Å²) in [6.07, 6.45) is 3.50. The lowest BCUT2D eigenvalue weighted by atomic mass is 10.1. The van der Waals surface area contributed by atoms with Gasteiger partial charge in [0.25, 0.3) is 5.91 Å². The zero-order chi connectivity index (χ0) is 25.4. The molecule has 0 aliphatic carbocycles. The van der Waals surface area contributed by atoms with Gasteiger partial charge in [-0.25, -0.2) is 9.59 Å². The van der Waals surface area contributed by atoms with Gasteiger partial charge in [0.15, 0.2) is 0 Å². The van der Waals surface area contributed by atoms with Crippen LogP contribution in [0.25, 0.3) is 17.0 Å². The van der Waals surface area contributed by atoms with Gasteiger partial charge in [-0.15, -0.1) is 0 Å². The van der Waals surface area contributed by atoms with Crippen LogP contribution in [0.3, 0.4) is 0 Å². The molecule has 4 aromatic rings. The minimum atomic E-state index is -0.552. The SMILES string of the molecule is COC(=O)c1ccc(Cn2cc(/C=C3\NC(=O)N(Cc4ccc(Cl)cc4Cl)C3=O)c3ccccc32)o1. The third-order valence-corrected chi connectivity index (χ3v) is 6.39. The van der Waals surface area contributed by atoms with E-state index >= 15 is 0 Å². The van der Waals surface area contributed by atoms with Crippen LogP contribution in [0, 0.1) is 0 Å². The largest absolute Gasteiger partial charge is 0.463 e. The molecule has 2 aromatic heterocycles. The highest BCUT2D eigenvalue weighted by atomic mass is 35.5. The second-order valence-corrected chi connectivity index (χ2v) is 8.95. The van der Waals surface area contributed by atoms with Crippen LogP contribution in [0.1, 0.15) is 27.4 Å². The van der Waals surface area contributed by atoms with Gasteiger partial charge in [0, 0.05) is 32.7 Å². The second-order valence-electron chi connectivity index (χ2n) is 8.10. The maximum atomic E-state index is 13.1. The number of hydrogen-bond acceptors (Lipinski definition) is 5. The molecule has 1 fully saturated rings. The molecule has 0 saturated carbocycles. The summed E-state index contributed by atoms with van der Waals surface area (Å²) in [5.41, 5.74) is 2.38. The monoisotopic (exact) mass is 523 g/mol. The molecule has 3 heterocycles. The van der Waals surface area contributed by atoms with Gasteiger partial charge >= 0.3 is 12.0 Å². The number of carbonyl (C=O) groups excluding carboxylic acids is 3.